The van der Waals surface area contributed by atoms with Crippen molar-refractivity contribution in [1.82, 2.24) is 0 Å². The predicted octanol–water partition coefficient (Wildman–Crippen LogP) is 2.39. The lowest BCUT2D eigenvalue weighted by atomic mass is 10.0. The minimum Gasteiger partial charge on any atom is -0.285 e. The molecule has 0 amide bonds. The Balaban J connectivity index is 3.05. The average Bonchev–Trinajstić information content (AvgIpc) is 2.42. The van der Waals surface area contributed by atoms with Crippen molar-refractivity contribution in [3.63, 3.8) is 0 Å². The van der Waals surface area contributed by atoms with Crippen molar-refractivity contribution < 1.29 is 39.3 Å². The van der Waals surface area contributed by atoms with Crippen molar-refractivity contribution in [2.75, 3.05) is 0 Å². The molecule has 1 aliphatic carbocycles. The maximum Gasteiger partial charge on any atom is 0.393 e. The van der Waals surface area contributed by atoms with E-state index in [2.05, 4.69) is 0 Å². The van der Waals surface area contributed by atoms with Gasteiger partial charge in [0.25, 0.3) is 10.1 Å². The first-order chi connectivity index (χ1) is 7.33. The maximum atomic E-state index is 12.4. The first-order valence-electron chi connectivity index (χ1n) is 4.43. The van der Waals surface area contributed by atoms with Crippen molar-refractivity contribution in [3.05, 3.63) is 0 Å². The van der Waals surface area contributed by atoms with E-state index in [0.29, 0.717) is 0 Å². The molecule has 3 nitrogen and oxygen atoms in total. The van der Waals surface area contributed by atoms with Crippen LogP contribution in [0, 0.1) is 11.8 Å². The Kier molecular flexibility index (Phi) is 3.43. The Morgan fingerprint density at radius 2 is 1.41 bits per heavy atom. The summed E-state index contributed by atoms with van der Waals surface area (Å²) in [5.74, 6) is -5.04. The van der Waals surface area contributed by atoms with E-state index in [0.717, 1.165) is 0 Å². The molecule has 1 N–H and O–H groups in total. The summed E-state index contributed by atoms with van der Waals surface area (Å²) in [6.07, 6.45) is -12.6. The molecule has 0 aromatic carbocycles. The van der Waals surface area contributed by atoms with Gasteiger partial charge in [-0.25, -0.2) is 0 Å². The molecule has 0 spiro atoms. The van der Waals surface area contributed by atoms with Gasteiger partial charge in [-0.3, -0.25) is 4.55 Å². The number of hydrogen-bond acceptors (Lipinski definition) is 2. The van der Waals surface area contributed by atoms with Gasteiger partial charge in [-0.1, -0.05) is 0 Å². The van der Waals surface area contributed by atoms with Crippen LogP contribution in [0.25, 0.3) is 0 Å². The average molecular weight is 286 g/mol. The minimum atomic E-state index is -5.15. The van der Waals surface area contributed by atoms with Crippen LogP contribution in [-0.2, 0) is 10.1 Å². The predicted molar refractivity (Wildman–Crippen MR) is 43.7 cm³/mol. The zero-order valence-corrected chi connectivity index (χ0v) is 8.90. The summed E-state index contributed by atoms with van der Waals surface area (Å²) in [7, 11) is -5.15. The Bertz CT molecular complexity index is 383. The molecule has 3 atom stereocenters. The normalized spacial score (nSPS) is 31.8. The van der Waals surface area contributed by atoms with Crippen molar-refractivity contribution in [1.29, 1.82) is 0 Å². The van der Waals surface area contributed by atoms with Crippen LogP contribution < -0.4 is 0 Å². The van der Waals surface area contributed by atoms with Crippen LogP contribution in [0.2, 0.25) is 0 Å². The standard InChI is InChI=1S/C7H8F6O3S/c8-6(9,10)3-1-4(7(11,12)13)5(2-3)17(14,15)16/h3-5H,1-2H2,(H,14,15,16). The zero-order valence-electron chi connectivity index (χ0n) is 8.09. The number of hydrogen-bond donors (Lipinski definition) is 1. The molecule has 0 bridgehead atoms. The van der Waals surface area contributed by atoms with Gasteiger partial charge >= 0.3 is 12.4 Å². The van der Waals surface area contributed by atoms with Crippen LogP contribution >= 0.6 is 0 Å². The highest BCUT2D eigenvalue weighted by molar-refractivity contribution is 7.86. The fourth-order valence-electron chi connectivity index (χ4n) is 1.94. The van der Waals surface area contributed by atoms with Gasteiger partial charge in [-0.15, -0.1) is 0 Å². The van der Waals surface area contributed by atoms with Gasteiger partial charge in [0.05, 0.1) is 17.1 Å². The quantitative estimate of drug-likeness (QED) is 0.595. The smallest absolute Gasteiger partial charge is 0.285 e. The SMILES string of the molecule is O=S(=O)(O)C1CC(C(F)(F)F)CC1C(F)(F)F. The number of rotatable bonds is 1. The van der Waals surface area contributed by atoms with Gasteiger partial charge in [-0.2, -0.15) is 34.8 Å². The van der Waals surface area contributed by atoms with Gasteiger partial charge in [0.1, 0.15) is 0 Å². The highest BCUT2D eigenvalue weighted by atomic mass is 32.2. The highest BCUT2D eigenvalue weighted by Gasteiger charge is 2.59. The van der Waals surface area contributed by atoms with Crippen molar-refractivity contribution >= 4 is 10.1 Å². The van der Waals surface area contributed by atoms with Crippen molar-refractivity contribution in [2.45, 2.75) is 30.4 Å². The second kappa shape index (κ2) is 4.01. The molecule has 1 fully saturated rings. The molecule has 102 valence electrons. The maximum absolute atomic E-state index is 12.4. The summed E-state index contributed by atoms with van der Waals surface area (Å²) in [5, 5.41) is -2.44. The van der Waals surface area contributed by atoms with E-state index in [9.17, 15) is 34.8 Å². The lowest BCUT2D eigenvalue weighted by Gasteiger charge is -2.19. The third kappa shape index (κ3) is 3.24. The van der Waals surface area contributed by atoms with Crippen molar-refractivity contribution in [2.24, 2.45) is 11.8 Å². The lowest BCUT2D eigenvalue weighted by molar-refractivity contribution is -0.191. The van der Waals surface area contributed by atoms with E-state index < -0.39 is 52.4 Å². The molecule has 17 heavy (non-hydrogen) atoms. The molecular formula is C7H8F6O3S. The van der Waals surface area contributed by atoms with Crippen LogP contribution in [0.15, 0.2) is 0 Å². The molecule has 0 aromatic rings. The van der Waals surface area contributed by atoms with Crippen LogP contribution in [0.1, 0.15) is 12.8 Å². The molecule has 3 unspecified atom stereocenters. The van der Waals surface area contributed by atoms with E-state index in [1.54, 1.807) is 0 Å². The van der Waals surface area contributed by atoms with Gasteiger partial charge in [-0.05, 0) is 12.8 Å². The fourth-order valence-corrected chi connectivity index (χ4v) is 3.10. The van der Waals surface area contributed by atoms with E-state index in [1.807, 2.05) is 0 Å². The third-order valence-electron chi connectivity index (χ3n) is 2.77. The van der Waals surface area contributed by atoms with Gasteiger partial charge in [0, 0.05) is 0 Å². The first kappa shape index (κ1) is 14.6. The number of alkyl halides is 6. The van der Waals surface area contributed by atoms with Crippen LogP contribution in [-0.4, -0.2) is 30.6 Å². The first-order valence-corrected chi connectivity index (χ1v) is 5.93. The van der Waals surface area contributed by atoms with Crippen LogP contribution in [0.3, 0.4) is 0 Å². The van der Waals surface area contributed by atoms with Crippen LogP contribution in [0.4, 0.5) is 26.3 Å². The second-order valence-electron chi connectivity index (χ2n) is 3.91. The monoisotopic (exact) mass is 286 g/mol. The van der Waals surface area contributed by atoms with E-state index in [1.165, 1.54) is 0 Å². The summed E-state index contributed by atoms with van der Waals surface area (Å²) >= 11 is 0. The highest BCUT2D eigenvalue weighted by Crippen LogP contribution is 2.49. The molecule has 0 aromatic heterocycles. The Morgan fingerprint density at radius 1 is 0.941 bits per heavy atom. The lowest BCUT2D eigenvalue weighted by Crippen LogP contribution is -2.34. The fraction of sp³-hybridized carbons (Fsp3) is 1.00. The molecule has 0 heterocycles. The Labute approximate surface area is 92.5 Å². The summed E-state index contributed by atoms with van der Waals surface area (Å²) in [6, 6.07) is 0. The molecule has 10 heteroatoms. The number of halogens is 6. The van der Waals surface area contributed by atoms with Crippen molar-refractivity contribution in [3.8, 4) is 0 Å². The summed E-state index contributed by atoms with van der Waals surface area (Å²) in [6.45, 7) is 0. The Morgan fingerprint density at radius 3 is 1.65 bits per heavy atom. The van der Waals surface area contributed by atoms with E-state index in [-0.39, 0.29) is 0 Å². The third-order valence-corrected chi connectivity index (χ3v) is 4.06. The topological polar surface area (TPSA) is 54.4 Å². The molecule has 0 radical (unpaired) electrons. The summed E-state index contributed by atoms with van der Waals surface area (Å²) < 4.78 is 104. The van der Waals surface area contributed by atoms with E-state index >= 15 is 0 Å². The largest absolute Gasteiger partial charge is 0.393 e. The minimum absolute atomic E-state index is 1.26. The van der Waals surface area contributed by atoms with E-state index in [4.69, 9.17) is 4.55 Å². The zero-order chi connectivity index (χ0) is 13.6. The second-order valence-corrected chi connectivity index (χ2v) is 5.55. The molecule has 1 saturated carbocycles. The van der Waals surface area contributed by atoms with Gasteiger partial charge < -0.3 is 0 Å². The Hall–Kier alpha value is -0.510. The van der Waals surface area contributed by atoms with Gasteiger partial charge in [0.15, 0.2) is 0 Å². The molecule has 0 aliphatic heterocycles. The molecule has 1 rings (SSSR count). The van der Waals surface area contributed by atoms with Crippen LogP contribution in [0.5, 0.6) is 0 Å². The summed E-state index contributed by atoms with van der Waals surface area (Å²) in [5.41, 5.74) is 0. The molecule has 1 aliphatic rings. The summed E-state index contributed by atoms with van der Waals surface area (Å²) in [4.78, 5) is 0. The molecule has 0 saturated heterocycles. The molecular weight excluding hydrogens is 278 g/mol. The van der Waals surface area contributed by atoms with Gasteiger partial charge in [0.2, 0.25) is 0 Å².